The Balaban J connectivity index is 1.74. The van der Waals surface area contributed by atoms with E-state index in [9.17, 15) is 0 Å². The Kier molecular flexibility index (Phi) is 5.15. The second-order valence-electron chi connectivity index (χ2n) is 5.27. The molecule has 0 saturated heterocycles. The predicted molar refractivity (Wildman–Crippen MR) is 100 cm³/mol. The summed E-state index contributed by atoms with van der Waals surface area (Å²) in [5.74, 6) is 0.653. The number of benzene rings is 2. The maximum Gasteiger partial charge on any atom is 0.185 e. The third-order valence-electron chi connectivity index (χ3n) is 3.46. The molecule has 0 aliphatic rings. The standard InChI is InChI=1S/C21H18N2O/c1-17-21(22-16-8-13-18-9-4-2-5-10-18)20(24-23-17)15-14-19-11-6-3-7-12-19/h2-16H,1H3/b13-8+,15-14-,22-16?. The van der Waals surface area contributed by atoms with Gasteiger partial charge in [0.15, 0.2) is 5.76 Å². The lowest BCUT2D eigenvalue weighted by molar-refractivity contribution is 0.408. The fraction of sp³-hybridized carbons (Fsp3) is 0.0476. The second kappa shape index (κ2) is 7.88. The number of aryl methyl sites for hydroxylation is 1. The smallest absolute Gasteiger partial charge is 0.185 e. The summed E-state index contributed by atoms with van der Waals surface area (Å²) in [4.78, 5) is 4.47. The van der Waals surface area contributed by atoms with Crippen LogP contribution in [0.2, 0.25) is 0 Å². The van der Waals surface area contributed by atoms with E-state index in [1.54, 1.807) is 6.21 Å². The number of hydrogen-bond acceptors (Lipinski definition) is 3. The van der Waals surface area contributed by atoms with Crippen molar-refractivity contribution in [1.29, 1.82) is 0 Å². The van der Waals surface area contributed by atoms with Crippen LogP contribution in [0.5, 0.6) is 0 Å². The van der Waals surface area contributed by atoms with Gasteiger partial charge in [-0.1, -0.05) is 78.0 Å². The van der Waals surface area contributed by atoms with E-state index >= 15 is 0 Å². The zero-order valence-electron chi connectivity index (χ0n) is 13.5. The topological polar surface area (TPSA) is 38.4 Å². The molecule has 0 spiro atoms. The molecule has 3 nitrogen and oxygen atoms in total. The van der Waals surface area contributed by atoms with Crippen LogP contribution in [0.1, 0.15) is 22.6 Å². The van der Waals surface area contributed by atoms with Crippen LogP contribution >= 0.6 is 0 Å². The first-order valence-electron chi connectivity index (χ1n) is 7.78. The molecule has 3 rings (SSSR count). The first-order valence-corrected chi connectivity index (χ1v) is 7.78. The van der Waals surface area contributed by atoms with Crippen LogP contribution in [0.15, 0.2) is 76.3 Å². The van der Waals surface area contributed by atoms with Gasteiger partial charge in [-0.25, -0.2) is 0 Å². The molecule has 0 aliphatic heterocycles. The quantitative estimate of drug-likeness (QED) is 0.577. The van der Waals surface area contributed by atoms with Crippen LogP contribution in [0.25, 0.3) is 18.2 Å². The Morgan fingerprint density at radius 3 is 2.12 bits per heavy atom. The number of hydrogen-bond donors (Lipinski definition) is 0. The van der Waals surface area contributed by atoms with Crippen molar-refractivity contribution in [2.45, 2.75) is 6.92 Å². The minimum atomic E-state index is 0.653. The summed E-state index contributed by atoms with van der Waals surface area (Å²) in [5, 5.41) is 4.00. The number of aromatic nitrogens is 1. The van der Waals surface area contributed by atoms with Crippen molar-refractivity contribution in [3.05, 3.63) is 89.3 Å². The average Bonchev–Trinajstić information content (AvgIpc) is 2.99. The van der Waals surface area contributed by atoms with Crippen molar-refractivity contribution in [3.8, 4) is 0 Å². The lowest BCUT2D eigenvalue weighted by atomic mass is 10.2. The van der Waals surface area contributed by atoms with E-state index in [4.69, 9.17) is 4.52 Å². The van der Waals surface area contributed by atoms with Crippen LogP contribution in [0, 0.1) is 6.92 Å². The number of rotatable bonds is 5. The second-order valence-corrected chi connectivity index (χ2v) is 5.27. The van der Waals surface area contributed by atoms with Crippen LogP contribution < -0.4 is 0 Å². The van der Waals surface area contributed by atoms with Crippen molar-refractivity contribution in [3.63, 3.8) is 0 Å². The van der Waals surface area contributed by atoms with Gasteiger partial charge in [0.05, 0.1) is 0 Å². The molecule has 0 aliphatic carbocycles. The number of nitrogens with zero attached hydrogens (tertiary/aromatic N) is 2. The van der Waals surface area contributed by atoms with E-state index in [0.29, 0.717) is 5.76 Å². The molecule has 1 aromatic heterocycles. The van der Waals surface area contributed by atoms with Gasteiger partial charge in [0, 0.05) is 6.21 Å². The summed E-state index contributed by atoms with van der Waals surface area (Å²) in [5.41, 5.74) is 3.76. The van der Waals surface area contributed by atoms with Gasteiger partial charge in [-0.05, 0) is 30.2 Å². The molecule has 1 heterocycles. The molecule has 0 unspecified atom stereocenters. The van der Waals surface area contributed by atoms with E-state index in [2.05, 4.69) is 10.1 Å². The zero-order chi connectivity index (χ0) is 16.6. The minimum absolute atomic E-state index is 0.653. The van der Waals surface area contributed by atoms with E-state index in [-0.39, 0.29) is 0 Å². The highest BCUT2D eigenvalue weighted by atomic mass is 16.5. The summed E-state index contributed by atoms with van der Waals surface area (Å²) in [6.07, 6.45) is 9.55. The average molecular weight is 314 g/mol. The molecule has 0 atom stereocenters. The van der Waals surface area contributed by atoms with Crippen molar-refractivity contribution >= 4 is 30.1 Å². The van der Waals surface area contributed by atoms with E-state index in [0.717, 1.165) is 22.5 Å². The fourth-order valence-electron chi connectivity index (χ4n) is 2.22. The summed E-state index contributed by atoms with van der Waals surface area (Å²) in [6.45, 7) is 1.89. The van der Waals surface area contributed by atoms with Crippen LogP contribution in [-0.2, 0) is 0 Å². The fourth-order valence-corrected chi connectivity index (χ4v) is 2.22. The molecule has 3 heteroatoms. The zero-order valence-corrected chi connectivity index (χ0v) is 13.5. The SMILES string of the molecule is Cc1noc(/C=C\c2ccccc2)c1N=C/C=C/c1ccccc1. The first-order chi connectivity index (χ1) is 11.8. The van der Waals surface area contributed by atoms with Crippen molar-refractivity contribution in [2.75, 3.05) is 0 Å². The Bertz CT molecular complexity index is 859. The predicted octanol–water partition coefficient (Wildman–Crippen LogP) is 5.57. The molecule has 0 fully saturated rings. The molecule has 0 N–H and O–H groups in total. The summed E-state index contributed by atoms with van der Waals surface area (Å²) in [6, 6.07) is 20.2. The van der Waals surface area contributed by atoms with Crippen LogP contribution in [-0.4, -0.2) is 11.4 Å². The molecular weight excluding hydrogens is 296 g/mol. The van der Waals surface area contributed by atoms with E-state index in [1.165, 1.54) is 0 Å². The molecule has 0 amide bonds. The van der Waals surface area contributed by atoms with Crippen LogP contribution in [0.4, 0.5) is 5.69 Å². The normalized spacial score (nSPS) is 11.9. The monoisotopic (exact) mass is 314 g/mol. The summed E-state index contributed by atoms with van der Waals surface area (Å²) in [7, 11) is 0. The van der Waals surface area contributed by atoms with Gasteiger partial charge in [-0.3, -0.25) is 4.99 Å². The van der Waals surface area contributed by atoms with Gasteiger partial charge in [0.25, 0.3) is 0 Å². The van der Waals surface area contributed by atoms with Gasteiger partial charge in [-0.15, -0.1) is 0 Å². The Hall–Kier alpha value is -3.20. The molecular formula is C21H18N2O. The van der Waals surface area contributed by atoms with Gasteiger partial charge in [-0.2, -0.15) is 0 Å². The number of aliphatic imine (C=N–C) groups is 1. The van der Waals surface area contributed by atoms with Gasteiger partial charge in [0.1, 0.15) is 11.4 Å². The van der Waals surface area contributed by atoms with E-state index in [1.807, 2.05) is 91.9 Å². The third-order valence-corrected chi connectivity index (χ3v) is 3.46. The lowest BCUT2D eigenvalue weighted by Gasteiger charge is -1.92. The summed E-state index contributed by atoms with van der Waals surface area (Å²) < 4.78 is 5.36. The van der Waals surface area contributed by atoms with Gasteiger partial charge in [0.2, 0.25) is 0 Å². The minimum Gasteiger partial charge on any atom is -0.354 e. The molecule has 0 saturated carbocycles. The van der Waals surface area contributed by atoms with Gasteiger partial charge < -0.3 is 4.52 Å². The Morgan fingerprint density at radius 1 is 0.833 bits per heavy atom. The molecule has 118 valence electrons. The Labute approximate surface area is 141 Å². The highest BCUT2D eigenvalue weighted by Gasteiger charge is 2.08. The molecule has 3 aromatic rings. The number of allylic oxidation sites excluding steroid dienone is 1. The molecule has 0 bridgehead atoms. The van der Waals surface area contributed by atoms with Crippen molar-refractivity contribution in [2.24, 2.45) is 4.99 Å². The molecule has 0 radical (unpaired) electrons. The maximum absolute atomic E-state index is 5.36. The van der Waals surface area contributed by atoms with E-state index < -0.39 is 0 Å². The first kappa shape index (κ1) is 15.7. The maximum atomic E-state index is 5.36. The summed E-state index contributed by atoms with van der Waals surface area (Å²) >= 11 is 0. The molecule has 2 aromatic carbocycles. The van der Waals surface area contributed by atoms with Crippen molar-refractivity contribution < 1.29 is 4.52 Å². The Morgan fingerprint density at radius 2 is 1.46 bits per heavy atom. The molecule has 24 heavy (non-hydrogen) atoms. The highest BCUT2D eigenvalue weighted by Crippen LogP contribution is 2.25. The third kappa shape index (κ3) is 4.17. The highest BCUT2D eigenvalue weighted by molar-refractivity contribution is 5.82. The van der Waals surface area contributed by atoms with Crippen molar-refractivity contribution in [1.82, 2.24) is 5.16 Å². The largest absolute Gasteiger partial charge is 0.354 e. The lowest BCUT2D eigenvalue weighted by Crippen LogP contribution is -1.74. The van der Waals surface area contributed by atoms with Gasteiger partial charge >= 0.3 is 0 Å². The van der Waals surface area contributed by atoms with Crippen LogP contribution in [0.3, 0.4) is 0 Å².